The molecule has 0 aliphatic rings. The predicted molar refractivity (Wildman–Crippen MR) is 83.8 cm³/mol. The van der Waals surface area contributed by atoms with E-state index in [4.69, 9.17) is 23.2 Å². The second-order valence-corrected chi connectivity index (χ2v) is 6.41. The molecule has 0 saturated carbocycles. The predicted octanol–water partition coefficient (Wildman–Crippen LogP) is 4.50. The van der Waals surface area contributed by atoms with Gasteiger partial charge in [0.1, 0.15) is 5.01 Å². The SMILES string of the molecule is CC(C)c1csc(CNC(=O)c2cc(Cl)ccc2Cl)n1. The number of nitrogens with zero attached hydrogens (tertiary/aromatic N) is 1. The van der Waals surface area contributed by atoms with E-state index >= 15 is 0 Å². The third kappa shape index (κ3) is 3.72. The van der Waals surface area contributed by atoms with Gasteiger partial charge in [0, 0.05) is 10.4 Å². The summed E-state index contributed by atoms with van der Waals surface area (Å²) >= 11 is 13.4. The third-order valence-corrected chi connectivity index (χ3v) is 4.17. The zero-order chi connectivity index (χ0) is 14.7. The molecule has 3 nitrogen and oxygen atoms in total. The summed E-state index contributed by atoms with van der Waals surface area (Å²) in [4.78, 5) is 16.5. The van der Waals surface area contributed by atoms with E-state index in [1.54, 1.807) is 18.2 Å². The molecule has 0 aliphatic carbocycles. The van der Waals surface area contributed by atoms with E-state index in [9.17, 15) is 4.79 Å². The van der Waals surface area contributed by atoms with E-state index in [0.29, 0.717) is 28.1 Å². The van der Waals surface area contributed by atoms with E-state index in [1.165, 1.54) is 11.3 Å². The van der Waals surface area contributed by atoms with Gasteiger partial charge in [-0.25, -0.2) is 4.98 Å². The summed E-state index contributed by atoms with van der Waals surface area (Å²) in [5.41, 5.74) is 1.42. The molecule has 1 N–H and O–H groups in total. The van der Waals surface area contributed by atoms with Crippen molar-refractivity contribution in [2.75, 3.05) is 0 Å². The number of thiazole rings is 1. The Balaban J connectivity index is 2.02. The molecule has 0 unspecified atom stereocenters. The molecule has 106 valence electrons. The van der Waals surface area contributed by atoms with E-state index in [-0.39, 0.29) is 5.91 Å². The van der Waals surface area contributed by atoms with Crippen molar-refractivity contribution >= 4 is 40.4 Å². The van der Waals surface area contributed by atoms with Crippen molar-refractivity contribution in [2.24, 2.45) is 0 Å². The van der Waals surface area contributed by atoms with Crippen LogP contribution >= 0.6 is 34.5 Å². The zero-order valence-electron chi connectivity index (χ0n) is 11.1. The van der Waals surface area contributed by atoms with Crippen LogP contribution in [0.15, 0.2) is 23.6 Å². The minimum Gasteiger partial charge on any atom is -0.345 e. The summed E-state index contributed by atoms with van der Waals surface area (Å²) in [6.07, 6.45) is 0. The van der Waals surface area contributed by atoms with Crippen LogP contribution in [0.25, 0.3) is 0 Å². The van der Waals surface area contributed by atoms with Crippen LogP contribution in [0.2, 0.25) is 10.0 Å². The molecule has 0 radical (unpaired) electrons. The lowest BCUT2D eigenvalue weighted by Crippen LogP contribution is -2.23. The van der Waals surface area contributed by atoms with Crippen LogP contribution < -0.4 is 5.32 Å². The number of halogens is 2. The molecule has 2 aromatic rings. The minimum atomic E-state index is -0.251. The van der Waals surface area contributed by atoms with Gasteiger partial charge in [0.2, 0.25) is 0 Å². The molecule has 1 amide bonds. The maximum atomic E-state index is 12.1. The van der Waals surface area contributed by atoms with Crippen molar-refractivity contribution < 1.29 is 4.79 Å². The van der Waals surface area contributed by atoms with Crippen LogP contribution in [0.1, 0.15) is 40.8 Å². The average Bonchev–Trinajstić information content (AvgIpc) is 2.88. The maximum Gasteiger partial charge on any atom is 0.253 e. The summed E-state index contributed by atoms with van der Waals surface area (Å²) in [5, 5.41) is 6.55. The highest BCUT2D eigenvalue weighted by molar-refractivity contribution is 7.09. The standard InChI is InChI=1S/C14H14Cl2N2OS/c1-8(2)12-7-20-13(18-12)6-17-14(19)10-5-9(15)3-4-11(10)16/h3-5,7-8H,6H2,1-2H3,(H,17,19). The molecule has 0 atom stereocenters. The first kappa shape index (κ1) is 15.3. The highest BCUT2D eigenvalue weighted by Gasteiger charge is 2.12. The number of carbonyl (C=O) groups is 1. The van der Waals surface area contributed by atoms with Gasteiger partial charge in [-0.05, 0) is 24.1 Å². The Morgan fingerprint density at radius 3 is 2.80 bits per heavy atom. The fourth-order valence-electron chi connectivity index (χ4n) is 1.59. The van der Waals surface area contributed by atoms with Crippen LogP contribution in [0.5, 0.6) is 0 Å². The maximum absolute atomic E-state index is 12.1. The first-order chi connectivity index (χ1) is 9.47. The van der Waals surface area contributed by atoms with E-state index in [1.807, 2.05) is 5.38 Å². The highest BCUT2D eigenvalue weighted by atomic mass is 35.5. The molecule has 0 bridgehead atoms. The second-order valence-electron chi connectivity index (χ2n) is 4.63. The van der Waals surface area contributed by atoms with Gasteiger partial charge < -0.3 is 5.32 Å². The minimum absolute atomic E-state index is 0.251. The number of hydrogen-bond donors (Lipinski definition) is 1. The Bertz CT molecular complexity index is 625. The van der Waals surface area contributed by atoms with Crippen LogP contribution in [0.4, 0.5) is 0 Å². The van der Waals surface area contributed by atoms with Crippen molar-refractivity contribution in [2.45, 2.75) is 26.3 Å². The summed E-state index contributed by atoms with van der Waals surface area (Å²) < 4.78 is 0. The second kappa shape index (κ2) is 6.57. The molecule has 1 heterocycles. The van der Waals surface area contributed by atoms with Gasteiger partial charge in [0.05, 0.1) is 22.8 Å². The molecule has 20 heavy (non-hydrogen) atoms. The average molecular weight is 329 g/mol. The molecule has 0 saturated heterocycles. The van der Waals surface area contributed by atoms with Gasteiger partial charge in [-0.15, -0.1) is 11.3 Å². The number of nitrogens with one attached hydrogen (secondary N) is 1. The van der Waals surface area contributed by atoms with Gasteiger partial charge in [-0.1, -0.05) is 37.0 Å². The lowest BCUT2D eigenvalue weighted by molar-refractivity contribution is 0.0951. The molecule has 6 heteroatoms. The Labute approximate surface area is 131 Å². The normalized spacial score (nSPS) is 10.8. The zero-order valence-corrected chi connectivity index (χ0v) is 13.4. The molecule has 0 fully saturated rings. The van der Waals surface area contributed by atoms with E-state index in [0.717, 1.165) is 10.7 Å². The first-order valence-corrected chi connectivity index (χ1v) is 7.78. The molecular formula is C14H14Cl2N2OS. The molecule has 0 spiro atoms. The number of carbonyl (C=O) groups excluding carboxylic acids is 1. The Morgan fingerprint density at radius 1 is 1.40 bits per heavy atom. The summed E-state index contributed by atoms with van der Waals surface area (Å²) in [6, 6.07) is 4.82. The fourth-order valence-corrected chi connectivity index (χ4v) is 2.86. The van der Waals surface area contributed by atoms with Gasteiger partial charge in [0.25, 0.3) is 5.91 Å². The summed E-state index contributed by atoms with van der Waals surface area (Å²) in [5.74, 6) is 0.136. The van der Waals surface area contributed by atoms with Crippen molar-refractivity contribution in [1.29, 1.82) is 0 Å². The topological polar surface area (TPSA) is 42.0 Å². The van der Waals surface area contributed by atoms with Crippen LogP contribution in [-0.2, 0) is 6.54 Å². The first-order valence-electron chi connectivity index (χ1n) is 6.15. The quantitative estimate of drug-likeness (QED) is 0.897. The number of amides is 1. The highest BCUT2D eigenvalue weighted by Crippen LogP contribution is 2.21. The smallest absolute Gasteiger partial charge is 0.253 e. The Morgan fingerprint density at radius 2 is 2.15 bits per heavy atom. The van der Waals surface area contributed by atoms with E-state index in [2.05, 4.69) is 24.1 Å². The van der Waals surface area contributed by atoms with Crippen molar-refractivity contribution in [1.82, 2.24) is 10.3 Å². The monoisotopic (exact) mass is 328 g/mol. The van der Waals surface area contributed by atoms with Crippen molar-refractivity contribution in [3.05, 3.63) is 49.9 Å². The molecular weight excluding hydrogens is 315 g/mol. The lowest BCUT2D eigenvalue weighted by Gasteiger charge is -2.05. The van der Waals surface area contributed by atoms with Crippen LogP contribution in [-0.4, -0.2) is 10.9 Å². The third-order valence-electron chi connectivity index (χ3n) is 2.73. The van der Waals surface area contributed by atoms with Gasteiger partial charge >= 0.3 is 0 Å². The molecule has 1 aromatic heterocycles. The number of benzene rings is 1. The summed E-state index contributed by atoms with van der Waals surface area (Å²) in [7, 11) is 0. The lowest BCUT2D eigenvalue weighted by atomic mass is 10.2. The van der Waals surface area contributed by atoms with Crippen LogP contribution in [0.3, 0.4) is 0 Å². The van der Waals surface area contributed by atoms with Crippen molar-refractivity contribution in [3.63, 3.8) is 0 Å². The Kier molecular flexibility index (Phi) is 5.02. The van der Waals surface area contributed by atoms with Gasteiger partial charge in [0.15, 0.2) is 0 Å². The Hall–Kier alpha value is -1.10. The van der Waals surface area contributed by atoms with Crippen molar-refractivity contribution in [3.8, 4) is 0 Å². The molecule has 1 aromatic carbocycles. The summed E-state index contributed by atoms with van der Waals surface area (Å²) in [6.45, 7) is 4.56. The number of rotatable bonds is 4. The fraction of sp³-hybridized carbons (Fsp3) is 0.286. The number of aromatic nitrogens is 1. The van der Waals surface area contributed by atoms with Gasteiger partial charge in [-0.3, -0.25) is 4.79 Å². The molecule has 0 aliphatic heterocycles. The van der Waals surface area contributed by atoms with Gasteiger partial charge in [-0.2, -0.15) is 0 Å². The van der Waals surface area contributed by atoms with Crippen LogP contribution in [0, 0.1) is 0 Å². The van der Waals surface area contributed by atoms with E-state index < -0.39 is 0 Å². The number of hydrogen-bond acceptors (Lipinski definition) is 3. The molecule has 2 rings (SSSR count). The largest absolute Gasteiger partial charge is 0.345 e.